The Hall–Kier alpha value is -2.80. The van der Waals surface area contributed by atoms with Crippen LogP contribution in [0.1, 0.15) is 26.6 Å². The van der Waals surface area contributed by atoms with Crippen LogP contribution >= 0.6 is 11.3 Å². The van der Waals surface area contributed by atoms with Crippen molar-refractivity contribution >= 4 is 22.9 Å². The topological polar surface area (TPSA) is 91.8 Å². The Balaban J connectivity index is 1.74. The van der Waals surface area contributed by atoms with Crippen LogP contribution in [-0.4, -0.2) is 31.5 Å². The van der Waals surface area contributed by atoms with Gasteiger partial charge in [-0.2, -0.15) is 5.21 Å². The summed E-state index contributed by atoms with van der Waals surface area (Å²) in [5.41, 5.74) is 1.80. The highest BCUT2D eigenvalue weighted by Crippen LogP contribution is 2.23. The molecule has 3 rings (SSSR count). The SMILES string of the molecule is O=C(C=C(O)c1csc(Cc2ccccc2)c1)c1nn[nH]n1. The fraction of sp³-hybridized carbons (Fsp3) is 0.0667. The second-order valence-electron chi connectivity index (χ2n) is 4.59. The summed E-state index contributed by atoms with van der Waals surface area (Å²) in [6, 6.07) is 11.9. The summed E-state index contributed by atoms with van der Waals surface area (Å²) in [6.07, 6.45) is 1.89. The third-order valence-corrected chi connectivity index (χ3v) is 3.94. The smallest absolute Gasteiger partial charge is 0.244 e. The van der Waals surface area contributed by atoms with Gasteiger partial charge in [0, 0.05) is 28.3 Å². The lowest BCUT2D eigenvalue weighted by atomic mass is 10.1. The van der Waals surface area contributed by atoms with Gasteiger partial charge in [-0.15, -0.1) is 21.5 Å². The van der Waals surface area contributed by atoms with Crippen molar-refractivity contribution in [3.63, 3.8) is 0 Å². The highest BCUT2D eigenvalue weighted by atomic mass is 32.1. The molecule has 7 heteroatoms. The van der Waals surface area contributed by atoms with Crippen molar-refractivity contribution < 1.29 is 9.90 Å². The highest BCUT2D eigenvalue weighted by molar-refractivity contribution is 7.10. The number of aliphatic hydroxyl groups is 1. The second kappa shape index (κ2) is 6.31. The van der Waals surface area contributed by atoms with Crippen LogP contribution in [0.3, 0.4) is 0 Å². The molecule has 1 aromatic carbocycles. The number of tetrazole rings is 1. The number of carbonyl (C=O) groups is 1. The molecule has 0 saturated heterocycles. The monoisotopic (exact) mass is 312 g/mol. The minimum Gasteiger partial charge on any atom is -0.507 e. The predicted molar refractivity (Wildman–Crippen MR) is 82.7 cm³/mol. The lowest BCUT2D eigenvalue weighted by molar-refractivity contribution is 0.103. The number of aromatic nitrogens is 4. The van der Waals surface area contributed by atoms with Crippen molar-refractivity contribution in [2.75, 3.05) is 0 Å². The van der Waals surface area contributed by atoms with E-state index in [2.05, 4.69) is 32.8 Å². The molecule has 22 heavy (non-hydrogen) atoms. The van der Waals surface area contributed by atoms with E-state index in [1.165, 1.54) is 16.9 Å². The lowest BCUT2D eigenvalue weighted by Gasteiger charge is -1.97. The Morgan fingerprint density at radius 1 is 1.32 bits per heavy atom. The second-order valence-corrected chi connectivity index (χ2v) is 5.59. The summed E-state index contributed by atoms with van der Waals surface area (Å²) < 4.78 is 0. The Morgan fingerprint density at radius 3 is 2.86 bits per heavy atom. The predicted octanol–water partition coefficient (Wildman–Crippen LogP) is 2.63. The van der Waals surface area contributed by atoms with Crippen LogP contribution in [-0.2, 0) is 6.42 Å². The molecule has 0 radical (unpaired) electrons. The zero-order valence-electron chi connectivity index (χ0n) is 11.4. The summed E-state index contributed by atoms with van der Waals surface area (Å²) in [5, 5.41) is 24.5. The fourth-order valence-corrected chi connectivity index (χ4v) is 2.86. The zero-order chi connectivity index (χ0) is 15.4. The zero-order valence-corrected chi connectivity index (χ0v) is 12.2. The van der Waals surface area contributed by atoms with E-state index in [1.54, 1.807) is 0 Å². The first-order chi connectivity index (χ1) is 10.7. The molecule has 2 heterocycles. The van der Waals surface area contributed by atoms with Gasteiger partial charge in [0.05, 0.1) is 0 Å². The molecule has 0 spiro atoms. The third-order valence-electron chi connectivity index (χ3n) is 3.00. The number of rotatable bonds is 5. The summed E-state index contributed by atoms with van der Waals surface area (Å²) >= 11 is 1.54. The van der Waals surface area contributed by atoms with Gasteiger partial charge in [0.2, 0.25) is 11.6 Å². The van der Waals surface area contributed by atoms with Crippen LogP contribution in [0.25, 0.3) is 5.76 Å². The maximum absolute atomic E-state index is 11.8. The summed E-state index contributed by atoms with van der Waals surface area (Å²) in [4.78, 5) is 12.9. The molecule has 0 fully saturated rings. The number of ketones is 1. The molecule has 2 aromatic heterocycles. The van der Waals surface area contributed by atoms with Crippen LogP contribution in [0.5, 0.6) is 0 Å². The first-order valence-electron chi connectivity index (χ1n) is 6.52. The van der Waals surface area contributed by atoms with E-state index in [0.717, 1.165) is 17.4 Å². The quantitative estimate of drug-likeness (QED) is 0.429. The number of thiophene rings is 1. The average Bonchev–Trinajstić information content (AvgIpc) is 3.19. The first kappa shape index (κ1) is 14.2. The van der Waals surface area contributed by atoms with Crippen molar-refractivity contribution in [2.45, 2.75) is 6.42 Å². The Kier molecular flexibility index (Phi) is 4.06. The van der Waals surface area contributed by atoms with Crippen LogP contribution < -0.4 is 0 Å². The number of H-pyrrole nitrogens is 1. The third kappa shape index (κ3) is 3.26. The van der Waals surface area contributed by atoms with Crippen LogP contribution in [0, 0.1) is 0 Å². The summed E-state index contributed by atoms with van der Waals surface area (Å²) in [7, 11) is 0. The molecule has 0 amide bonds. The van der Waals surface area contributed by atoms with E-state index in [-0.39, 0.29) is 11.6 Å². The number of allylic oxidation sites excluding steroid dienone is 1. The Morgan fingerprint density at radius 2 is 2.14 bits per heavy atom. The van der Waals surface area contributed by atoms with E-state index in [0.29, 0.717) is 5.56 Å². The van der Waals surface area contributed by atoms with Crippen molar-refractivity contribution in [1.82, 2.24) is 20.6 Å². The molecule has 2 N–H and O–H groups in total. The summed E-state index contributed by atoms with van der Waals surface area (Å²) in [5.74, 6) is -0.682. The Labute approximate surface area is 130 Å². The number of hydrogen-bond donors (Lipinski definition) is 2. The molecule has 3 aromatic rings. The summed E-state index contributed by atoms with van der Waals surface area (Å²) in [6.45, 7) is 0. The molecule has 0 atom stereocenters. The van der Waals surface area contributed by atoms with Gasteiger partial charge < -0.3 is 5.11 Å². The molecule has 110 valence electrons. The van der Waals surface area contributed by atoms with Crippen molar-refractivity contribution in [1.29, 1.82) is 0 Å². The molecule has 0 saturated carbocycles. The van der Waals surface area contributed by atoms with Gasteiger partial charge >= 0.3 is 0 Å². The Bertz CT molecular complexity index is 794. The van der Waals surface area contributed by atoms with E-state index in [9.17, 15) is 9.90 Å². The van der Waals surface area contributed by atoms with Gasteiger partial charge in [-0.25, -0.2) is 0 Å². The largest absolute Gasteiger partial charge is 0.507 e. The van der Waals surface area contributed by atoms with E-state index >= 15 is 0 Å². The van der Waals surface area contributed by atoms with Gasteiger partial charge in [0.25, 0.3) is 0 Å². The maximum atomic E-state index is 11.8. The minimum atomic E-state index is -0.498. The first-order valence-corrected chi connectivity index (χ1v) is 7.40. The van der Waals surface area contributed by atoms with Gasteiger partial charge in [0.15, 0.2) is 0 Å². The van der Waals surface area contributed by atoms with Gasteiger partial charge in [-0.1, -0.05) is 30.3 Å². The van der Waals surface area contributed by atoms with Crippen LogP contribution in [0.2, 0.25) is 0 Å². The molecular weight excluding hydrogens is 300 g/mol. The minimum absolute atomic E-state index is 0.0775. The van der Waals surface area contributed by atoms with Crippen LogP contribution in [0.4, 0.5) is 0 Å². The number of carbonyl (C=O) groups excluding carboxylic acids is 1. The van der Waals surface area contributed by atoms with Crippen LogP contribution in [0.15, 0.2) is 47.9 Å². The fourth-order valence-electron chi connectivity index (χ4n) is 1.94. The van der Waals surface area contributed by atoms with Gasteiger partial charge in [-0.05, 0) is 16.8 Å². The highest BCUT2D eigenvalue weighted by Gasteiger charge is 2.11. The standard InChI is InChI=1S/C15H12N4O2S/c20-13(8-14(21)15-16-18-19-17-15)11-7-12(22-9-11)6-10-4-2-1-3-5-10/h1-5,7-9,20H,6H2,(H,16,17,18,19). The molecule has 0 bridgehead atoms. The molecule has 0 aliphatic carbocycles. The normalized spacial score (nSPS) is 11.5. The molecule has 0 aliphatic heterocycles. The maximum Gasteiger partial charge on any atom is 0.244 e. The number of nitrogens with zero attached hydrogens (tertiary/aromatic N) is 3. The van der Waals surface area contributed by atoms with Crippen molar-refractivity contribution in [2.24, 2.45) is 0 Å². The molecule has 0 aliphatic rings. The number of benzene rings is 1. The number of hydrogen-bond acceptors (Lipinski definition) is 6. The molecule has 6 nitrogen and oxygen atoms in total. The van der Waals surface area contributed by atoms with Crippen molar-refractivity contribution in [3.05, 3.63) is 69.7 Å². The molecular formula is C15H12N4O2S. The van der Waals surface area contributed by atoms with E-state index in [1.807, 2.05) is 29.6 Å². The lowest BCUT2D eigenvalue weighted by Crippen LogP contribution is -1.99. The van der Waals surface area contributed by atoms with E-state index in [4.69, 9.17) is 0 Å². The van der Waals surface area contributed by atoms with Gasteiger partial charge in [-0.3, -0.25) is 4.79 Å². The average molecular weight is 312 g/mol. The number of aromatic amines is 1. The van der Waals surface area contributed by atoms with Crippen molar-refractivity contribution in [3.8, 4) is 0 Å². The number of aliphatic hydroxyl groups excluding tert-OH is 1. The van der Waals surface area contributed by atoms with E-state index < -0.39 is 5.78 Å². The number of nitrogens with one attached hydrogen (secondary N) is 1. The molecule has 0 unspecified atom stereocenters. The van der Waals surface area contributed by atoms with Gasteiger partial charge in [0.1, 0.15) is 5.76 Å².